The molecule has 3 rings (SSSR count). The molecule has 0 radical (unpaired) electrons. The Morgan fingerprint density at radius 3 is 2.17 bits per heavy atom. The van der Waals surface area contributed by atoms with E-state index in [1.807, 2.05) is 6.07 Å². The van der Waals surface area contributed by atoms with Crippen molar-refractivity contribution < 1.29 is 19.2 Å². The van der Waals surface area contributed by atoms with Crippen LogP contribution in [0.4, 0.5) is 0 Å². The van der Waals surface area contributed by atoms with Gasteiger partial charge in [-0.05, 0) is 17.3 Å². The maximum atomic E-state index is 12.9. The number of ether oxygens (including phenoxy) is 1. The van der Waals surface area contributed by atoms with Crippen molar-refractivity contribution in [3.63, 3.8) is 0 Å². The van der Waals surface area contributed by atoms with Gasteiger partial charge in [0.05, 0.1) is 12.5 Å². The van der Waals surface area contributed by atoms with Crippen LogP contribution in [-0.2, 0) is 9.59 Å². The molecule has 1 aliphatic carbocycles. The van der Waals surface area contributed by atoms with Crippen molar-refractivity contribution in [2.24, 2.45) is 0 Å². The first-order valence-corrected chi connectivity index (χ1v) is 10.4. The standard InChI is InChI=1S/C15H17NO5Si3/c1-20-5-3-6-8(7(22)4-5)15(19)16(21-2)10-9(6)13(23)11(17)12(18)14(10)24/h3-4H,1-2,22-24H3. The minimum atomic E-state index is -0.516. The Labute approximate surface area is 146 Å². The van der Waals surface area contributed by atoms with Gasteiger partial charge in [-0.25, -0.2) is 0 Å². The molecule has 1 heterocycles. The van der Waals surface area contributed by atoms with Gasteiger partial charge in [0.2, 0.25) is 11.6 Å². The minimum absolute atomic E-state index is 0.302. The number of fused-ring (bicyclic) bond motifs is 3. The van der Waals surface area contributed by atoms with Crippen LogP contribution in [0.2, 0.25) is 0 Å². The number of pyridine rings is 1. The van der Waals surface area contributed by atoms with Crippen molar-refractivity contribution in [3.8, 4) is 5.75 Å². The number of carbonyl (C=O) groups is 2. The molecule has 124 valence electrons. The molecule has 1 aromatic heterocycles. The van der Waals surface area contributed by atoms with Gasteiger partial charge in [0.15, 0.2) is 0 Å². The zero-order chi connectivity index (χ0) is 17.8. The third kappa shape index (κ3) is 2.08. The average molecular weight is 376 g/mol. The van der Waals surface area contributed by atoms with Crippen LogP contribution in [0, 0.1) is 0 Å². The summed E-state index contributed by atoms with van der Waals surface area (Å²) in [5.74, 6) is -0.338. The van der Waals surface area contributed by atoms with Gasteiger partial charge in [-0.1, -0.05) is 5.19 Å². The van der Waals surface area contributed by atoms with Crippen molar-refractivity contribution in [2.45, 2.75) is 0 Å². The Morgan fingerprint density at radius 1 is 0.958 bits per heavy atom. The van der Waals surface area contributed by atoms with Crippen LogP contribution in [0.5, 0.6) is 5.75 Å². The molecule has 0 saturated heterocycles. The summed E-state index contributed by atoms with van der Waals surface area (Å²) in [6.45, 7) is 0. The third-order valence-corrected chi connectivity index (χ3v) is 7.12. The lowest BCUT2D eigenvalue weighted by Crippen LogP contribution is -2.53. The molecule has 0 fully saturated rings. The fourth-order valence-corrected chi connectivity index (χ4v) is 5.42. The van der Waals surface area contributed by atoms with Crippen molar-refractivity contribution in [1.82, 2.24) is 4.73 Å². The normalized spacial score (nSPS) is 14.6. The zero-order valence-corrected chi connectivity index (χ0v) is 20.1. The molecule has 24 heavy (non-hydrogen) atoms. The number of hydrogen-bond acceptors (Lipinski definition) is 5. The van der Waals surface area contributed by atoms with E-state index >= 15 is 0 Å². The van der Waals surface area contributed by atoms with Gasteiger partial charge < -0.3 is 9.57 Å². The number of aromatic nitrogens is 1. The predicted octanol–water partition coefficient (Wildman–Crippen LogP) is -5.84. The topological polar surface area (TPSA) is 74.6 Å². The summed E-state index contributed by atoms with van der Waals surface area (Å²) in [6, 6.07) is 3.60. The maximum Gasteiger partial charge on any atom is 0.291 e. The van der Waals surface area contributed by atoms with Crippen LogP contribution in [0.3, 0.4) is 0 Å². The minimum Gasteiger partial charge on any atom is -0.497 e. The lowest BCUT2D eigenvalue weighted by Gasteiger charge is -2.17. The predicted molar refractivity (Wildman–Crippen MR) is 103 cm³/mol. The smallest absolute Gasteiger partial charge is 0.291 e. The van der Waals surface area contributed by atoms with Gasteiger partial charge in [0.25, 0.3) is 5.56 Å². The van der Waals surface area contributed by atoms with Crippen molar-refractivity contribution >= 4 is 68.6 Å². The first kappa shape index (κ1) is 16.6. The largest absolute Gasteiger partial charge is 0.497 e. The molecule has 1 aliphatic rings. The zero-order valence-electron chi connectivity index (χ0n) is 14.1. The number of hydrogen-bond donors (Lipinski definition) is 0. The van der Waals surface area contributed by atoms with E-state index in [1.54, 1.807) is 13.2 Å². The van der Waals surface area contributed by atoms with E-state index in [0.29, 0.717) is 68.2 Å². The lowest BCUT2D eigenvalue weighted by molar-refractivity contribution is -0.129. The van der Waals surface area contributed by atoms with Crippen LogP contribution in [0.25, 0.3) is 21.2 Å². The Kier molecular flexibility index (Phi) is 3.94. The molecule has 0 aliphatic heterocycles. The van der Waals surface area contributed by atoms with Crippen molar-refractivity contribution in [1.29, 1.82) is 0 Å². The summed E-state index contributed by atoms with van der Waals surface area (Å²) in [4.78, 5) is 42.8. The Hall–Kier alpha value is -2.24. The molecule has 0 unspecified atom stereocenters. The highest BCUT2D eigenvalue weighted by Gasteiger charge is 2.27. The molecule has 0 spiro atoms. The summed E-state index contributed by atoms with van der Waals surface area (Å²) in [5.41, 5.74) is -0.302. The molecule has 2 aromatic rings. The fraction of sp³-hybridized carbons (Fsp3) is 0.133. The Bertz CT molecular complexity index is 1120. The van der Waals surface area contributed by atoms with Gasteiger partial charge in [0.1, 0.15) is 12.9 Å². The van der Waals surface area contributed by atoms with Gasteiger partial charge in [-0.15, -0.1) is 4.73 Å². The van der Waals surface area contributed by atoms with Gasteiger partial charge >= 0.3 is 0 Å². The number of benzene rings is 1. The molecule has 0 N–H and O–H groups in total. The molecule has 0 saturated carbocycles. The third-order valence-electron chi connectivity index (χ3n) is 4.45. The Morgan fingerprint density at radius 2 is 1.58 bits per heavy atom. The molecule has 9 heteroatoms. The molecule has 6 nitrogen and oxygen atoms in total. The second-order valence-electron chi connectivity index (χ2n) is 5.78. The van der Waals surface area contributed by atoms with E-state index < -0.39 is 11.6 Å². The highest BCUT2D eigenvalue weighted by atomic mass is 28.2. The molecule has 1 aromatic carbocycles. The average Bonchev–Trinajstić information content (AvgIpc) is 2.57. The van der Waals surface area contributed by atoms with E-state index in [2.05, 4.69) is 0 Å². The van der Waals surface area contributed by atoms with Crippen LogP contribution >= 0.6 is 0 Å². The van der Waals surface area contributed by atoms with Crippen molar-refractivity contribution in [2.75, 3.05) is 14.2 Å². The quantitative estimate of drug-likeness (QED) is 0.386. The molecule has 0 bridgehead atoms. The van der Waals surface area contributed by atoms with E-state index in [9.17, 15) is 14.4 Å². The van der Waals surface area contributed by atoms with E-state index in [-0.39, 0.29) is 5.56 Å². The van der Waals surface area contributed by atoms with Crippen LogP contribution in [0.15, 0.2) is 16.9 Å². The van der Waals surface area contributed by atoms with Crippen LogP contribution in [-0.4, -0.2) is 61.2 Å². The first-order valence-electron chi connectivity index (χ1n) is 7.42. The van der Waals surface area contributed by atoms with Crippen LogP contribution < -0.4 is 30.9 Å². The second kappa shape index (κ2) is 5.69. The van der Waals surface area contributed by atoms with Gasteiger partial charge in [-0.3, -0.25) is 14.4 Å². The van der Waals surface area contributed by atoms with E-state index in [0.717, 1.165) is 9.92 Å². The fourth-order valence-electron chi connectivity index (χ4n) is 3.24. The summed E-state index contributed by atoms with van der Waals surface area (Å²) in [6.07, 6.45) is 0. The summed E-state index contributed by atoms with van der Waals surface area (Å²) in [7, 11) is 4.35. The van der Waals surface area contributed by atoms with E-state index in [4.69, 9.17) is 9.57 Å². The number of carbonyl (C=O) groups excluding carboxylic acids is 2. The summed E-state index contributed by atoms with van der Waals surface area (Å²) < 4.78 is 6.50. The first-order chi connectivity index (χ1) is 11.3. The van der Waals surface area contributed by atoms with E-state index in [1.165, 1.54) is 7.11 Å². The molecular weight excluding hydrogens is 358 g/mol. The van der Waals surface area contributed by atoms with Gasteiger partial charge in [-0.2, -0.15) is 0 Å². The number of nitrogens with zero attached hydrogens (tertiary/aromatic N) is 1. The Balaban J connectivity index is 2.83. The monoisotopic (exact) mass is 375 g/mol. The summed E-state index contributed by atoms with van der Waals surface area (Å²) in [5, 5.41) is 4.01. The number of Topliss-reactive ketones (excluding diaryl/α,β-unsaturated/α-hetero) is 2. The van der Waals surface area contributed by atoms with Crippen LogP contribution in [0.1, 0.15) is 0 Å². The highest BCUT2D eigenvalue weighted by Crippen LogP contribution is 2.14. The lowest BCUT2D eigenvalue weighted by atomic mass is 10.0. The highest BCUT2D eigenvalue weighted by molar-refractivity contribution is 6.82. The maximum absolute atomic E-state index is 12.9. The number of methoxy groups -OCH3 is 1. The SMILES string of the molecule is COc1cc([SiH3])c2c(=O)n(OC)c3c(c2c1)=C([SiH3])C(=O)C(=O)C=3[SiH3]. The molecular formula is C15H17NO5Si3. The molecule has 0 amide bonds. The number of rotatable bonds is 2. The van der Waals surface area contributed by atoms with Gasteiger partial charge in [0, 0.05) is 51.9 Å². The molecule has 0 atom stereocenters. The summed E-state index contributed by atoms with van der Waals surface area (Å²) >= 11 is 0. The number of ketones is 2. The van der Waals surface area contributed by atoms with Crippen molar-refractivity contribution in [3.05, 3.63) is 33.1 Å². The second-order valence-corrected chi connectivity index (χ2v) is 8.86.